The van der Waals surface area contributed by atoms with E-state index in [1.54, 1.807) is 0 Å². The largest absolute Gasteiger partial charge is 0.486 e. The van der Waals surface area contributed by atoms with Crippen LogP contribution in [-0.4, -0.2) is 18.3 Å². The summed E-state index contributed by atoms with van der Waals surface area (Å²) in [4.78, 5) is 0. The van der Waals surface area contributed by atoms with Crippen molar-refractivity contribution in [3.8, 4) is 0 Å². The second-order valence-electron chi connectivity index (χ2n) is 4.15. The summed E-state index contributed by atoms with van der Waals surface area (Å²) in [5, 5.41) is 0. The molecule has 1 fully saturated rings. The van der Waals surface area contributed by atoms with E-state index in [0.29, 0.717) is 0 Å². The van der Waals surface area contributed by atoms with Gasteiger partial charge in [-0.3, -0.25) is 0 Å². The first kappa shape index (κ1) is 9.81. The lowest BCUT2D eigenvalue weighted by Gasteiger charge is -2.32. The molecule has 0 unspecified atom stereocenters. The monoisotopic (exact) mass is 168 g/mol. The van der Waals surface area contributed by atoms with Crippen molar-refractivity contribution in [2.45, 2.75) is 45.8 Å². The molecule has 0 saturated carbocycles. The minimum atomic E-state index is -0.211. The molecule has 0 aliphatic carbocycles. The molecule has 0 spiro atoms. The van der Waals surface area contributed by atoms with E-state index >= 15 is 0 Å². The average Bonchev–Trinajstić information content (AvgIpc) is 2.02. The van der Waals surface area contributed by atoms with Crippen LogP contribution in [0.25, 0.3) is 0 Å². The molecule has 0 N–H and O–H groups in total. The van der Waals surface area contributed by atoms with Crippen molar-refractivity contribution in [1.29, 1.82) is 0 Å². The fourth-order valence-electron chi connectivity index (χ4n) is 1.12. The normalized spacial score (nSPS) is 26.9. The zero-order valence-electron chi connectivity index (χ0n) is 8.55. The van der Waals surface area contributed by atoms with Gasteiger partial charge in [-0.2, -0.15) is 0 Å². The van der Waals surface area contributed by atoms with Gasteiger partial charge in [-0.25, -0.2) is 0 Å². The minimum Gasteiger partial charge on any atom is -0.400 e. The summed E-state index contributed by atoms with van der Waals surface area (Å²) >= 11 is 0. The predicted molar refractivity (Wildman–Crippen MR) is 50.9 cm³/mol. The van der Waals surface area contributed by atoms with E-state index in [1.165, 1.54) is 0 Å². The fourth-order valence-corrected chi connectivity index (χ4v) is 1.12. The molecule has 0 bridgehead atoms. The third-order valence-corrected chi connectivity index (χ3v) is 2.62. The van der Waals surface area contributed by atoms with Gasteiger partial charge in [0.25, 0.3) is 0 Å². The molecule has 1 aliphatic rings. The van der Waals surface area contributed by atoms with E-state index in [2.05, 4.69) is 27.7 Å². The van der Waals surface area contributed by atoms with Crippen molar-refractivity contribution in [2.24, 2.45) is 0 Å². The molecule has 12 heavy (non-hydrogen) atoms. The highest BCUT2D eigenvalue weighted by Gasteiger charge is 2.49. The molecule has 0 amide bonds. The van der Waals surface area contributed by atoms with Gasteiger partial charge >= 0.3 is 7.12 Å². The molecule has 0 atom stereocenters. The number of hydrogen-bond acceptors (Lipinski definition) is 2. The van der Waals surface area contributed by atoms with Crippen molar-refractivity contribution in [2.75, 3.05) is 0 Å². The summed E-state index contributed by atoms with van der Waals surface area (Å²) < 4.78 is 11.4. The summed E-state index contributed by atoms with van der Waals surface area (Å²) in [5.74, 6) is 1.93. The van der Waals surface area contributed by atoms with Crippen LogP contribution < -0.4 is 0 Å². The minimum absolute atomic E-state index is 0.181. The first-order chi connectivity index (χ1) is 5.39. The van der Waals surface area contributed by atoms with Crippen LogP contribution in [0.15, 0.2) is 12.1 Å². The van der Waals surface area contributed by atoms with Crippen LogP contribution in [0.2, 0.25) is 0 Å². The van der Waals surface area contributed by atoms with Crippen LogP contribution in [0.5, 0.6) is 0 Å². The number of allylic oxidation sites excluding steroid dienone is 1. The molecular formula is C9H17BO2. The third kappa shape index (κ3) is 1.57. The number of hydrogen-bond donors (Lipinski definition) is 0. The molecule has 0 radical (unpaired) electrons. The van der Waals surface area contributed by atoms with Gasteiger partial charge in [0.05, 0.1) is 11.2 Å². The zero-order chi connectivity index (χ0) is 9.41. The SMILES string of the molecule is C/C=C\B1OC(C)(C)C(C)(C)O1. The summed E-state index contributed by atoms with van der Waals surface area (Å²) in [6.07, 6.45) is 1.95. The highest BCUT2D eigenvalue weighted by Crippen LogP contribution is 2.36. The molecule has 1 saturated heterocycles. The zero-order valence-corrected chi connectivity index (χ0v) is 8.55. The van der Waals surface area contributed by atoms with Crippen LogP contribution in [-0.2, 0) is 9.31 Å². The van der Waals surface area contributed by atoms with Crippen molar-refractivity contribution in [3.63, 3.8) is 0 Å². The first-order valence-corrected chi connectivity index (χ1v) is 4.37. The third-order valence-electron chi connectivity index (χ3n) is 2.62. The van der Waals surface area contributed by atoms with E-state index in [0.717, 1.165) is 0 Å². The molecule has 3 heteroatoms. The van der Waals surface area contributed by atoms with Gasteiger partial charge in [0.1, 0.15) is 0 Å². The van der Waals surface area contributed by atoms with Gasteiger partial charge in [-0.1, -0.05) is 12.1 Å². The molecular weight excluding hydrogens is 151 g/mol. The van der Waals surface area contributed by atoms with Gasteiger partial charge in [0.2, 0.25) is 0 Å². The average molecular weight is 168 g/mol. The van der Waals surface area contributed by atoms with Crippen LogP contribution in [0, 0.1) is 0 Å². The van der Waals surface area contributed by atoms with Crippen molar-refractivity contribution < 1.29 is 9.31 Å². The molecule has 0 aromatic carbocycles. The Morgan fingerprint density at radius 2 is 1.42 bits per heavy atom. The van der Waals surface area contributed by atoms with E-state index in [9.17, 15) is 0 Å². The lowest BCUT2D eigenvalue weighted by molar-refractivity contribution is 0.00578. The van der Waals surface area contributed by atoms with Crippen molar-refractivity contribution >= 4 is 7.12 Å². The van der Waals surface area contributed by atoms with Crippen LogP contribution in [0.3, 0.4) is 0 Å². The molecule has 1 heterocycles. The van der Waals surface area contributed by atoms with Gasteiger partial charge in [-0.15, -0.1) is 0 Å². The molecule has 2 nitrogen and oxygen atoms in total. The standard InChI is InChI=1S/C9H17BO2/c1-6-7-10-11-8(2,3)9(4,5)12-10/h6-7H,1-5H3/b7-6-. The molecule has 1 rings (SSSR count). The van der Waals surface area contributed by atoms with E-state index in [4.69, 9.17) is 9.31 Å². The van der Waals surface area contributed by atoms with Gasteiger partial charge in [0.15, 0.2) is 0 Å². The fraction of sp³-hybridized carbons (Fsp3) is 0.778. The smallest absolute Gasteiger partial charge is 0.400 e. The summed E-state index contributed by atoms with van der Waals surface area (Å²) in [7, 11) is -0.181. The Bertz CT molecular complexity index is 181. The Kier molecular flexibility index (Phi) is 2.36. The van der Waals surface area contributed by atoms with Gasteiger partial charge < -0.3 is 9.31 Å². The Hall–Kier alpha value is -0.275. The Morgan fingerprint density at radius 3 is 1.75 bits per heavy atom. The van der Waals surface area contributed by atoms with Crippen molar-refractivity contribution in [1.82, 2.24) is 0 Å². The van der Waals surface area contributed by atoms with Gasteiger partial charge in [0, 0.05) is 0 Å². The van der Waals surface area contributed by atoms with E-state index in [-0.39, 0.29) is 18.3 Å². The highest BCUT2D eigenvalue weighted by molar-refractivity contribution is 6.51. The van der Waals surface area contributed by atoms with E-state index < -0.39 is 0 Å². The Labute approximate surface area is 75.1 Å². The lowest BCUT2D eigenvalue weighted by Crippen LogP contribution is -2.41. The molecule has 0 aromatic rings. The Balaban J connectivity index is 2.74. The van der Waals surface area contributed by atoms with Crippen LogP contribution in [0.1, 0.15) is 34.6 Å². The maximum absolute atomic E-state index is 5.70. The number of rotatable bonds is 1. The lowest BCUT2D eigenvalue weighted by atomic mass is 9.90. The second kappa shape index (κ2) is 2.89. The second-order valence-corrected chi connectivity index (χ2v) is 4.15. The quantitative estimate of drug-likeness (QED) is 0.558. The van der Waals surface area contributed by atoms with E-state index in [1.807, 2.05) is 19.0 Å². The predicted octanol–water partition coefficient (Wildman–Crippen LogP) is 2.19. The van der Waals surface area contributed by atoms with Crippen LogP contribution in [0.4, 0.5) is 0 Å². The topological polar surface area (TPSA) is 18.5 Å². The first-order valence-electron chi connectivity index (χ1n) is 4.37. The molecule has 68 valence electrons. The summed E-state index contributed by atoms with van der Waals surface area (Å²) in [6.45, 7) is 10.2. The van der Waals surface area contributed by atoms with Crippen molar-refractivity contribution in [3.05, 3.63) is 12.1 Å². The highest BCUT2D eigenvalue weighted by atomic mass is 16.7. The molecule has 1 aliphatic heterocycles. The summed E-state index contributed by atoms with van der Waals surface area (Å²) in [5.41, 5.74) is -0.422. The summed E-state index contributed by atoms with van der Waals surface area (Å²) in [6, 6.07) is 0. The maximum atomic E-state index is 5.70. The van der Waals surface area contributed by atoms with Gasteiger partial charge in [-0.05, 0) is 34.6 Å². The Morgan fingerprint density at radius 1 is 1.00 bits per heavy atom. The maximum Gasteiger partial charge on any atom is 0.486 e. The molecule has 0 aromatic heterocycles. The van der Waals surface area contributed by atoms with Crippen LogP contribution >= 0.6 is 0 Å².